The maximum absolute atomic E-state index is 12.9. The molecule has 6 nitrogen and oxygen atoms in total. The topological polar surface area (TPSA) is 71.9 Å². The second-order valence-electron chi connectivity index (χ2n) is 7.95. The summed E-state index contributed by atoms with van der Waals surface area (Å²) in [6.07, 6.45) is 1.27. The van der Waals surface area contributed by atoms with Crippen molar-refractivity contribution < 1.29 is 19.2 Å². The highest BCUT2D eigenvalue weighted by Gasteiger charge is 2.37. The first-order chi connectivity index (χ1) is 12.5. The van der Waals surface area contributed by atoms with E-state index in [2.05, 4.69) is 38.8 Å². The zero-order chi connectivity index (χ0) is 20.2. The smallest absolute Gasteiger partial charge is 0.284 e. The molecule has 0 bridgehead atoms. The highest BCUT2D eigenvalue weighted by molar-refractivity contribution is 7.13. The lowest BCUT2D eigenvalue weighted by Crippen LogP contribution is -2.44. The average Bonchev–Trinajstić information content (AvgIpc) is 3.10. The third-order valence-electron chi connectivity index (χ3n) is 4.64. The summed E-state index contributed by atoms with van der Waals surface area (Å²) >= 11 is 1.30. The van der Waals surface area contributed by atoms with Crippen LogP contribution in [0.2, 0.25) is 18.1 Å². The fourth-order valence-electron chi connectivity index (χ4n) is 2.00. The molecule has 0 saturated heterocycles. The summed E-state index contributed by atoms with van der Waals surface area (Å²) in [5.74, 6) is -0.366. The molecular formula is C19H28N2O4SSi. The van der Waals surface area contributed by atoms with Crippen molar-refractivity contribution >= 4 is 30.7 Å². The highest BCUT2D eigenvalue weighted by Crippen LogP contribution is 2.36. The van der Waals surface area contributed by atoms with Crippen LogP contribution in [0.3, 0.4) is 0 Å². The van der Waals surface area contributed by atoms with E-state index in [1.165, 1.54) is 28.5 Å². The summed E-state index contributed by atoms with van der Waals surface area (Å²) in [5.41, 5.74) is 0.322. The van der Waals surface area contributed by atoms with E-state index in [0.29, 0.717) is 17.3 Å². The quantitative estimate of drug-likeness (QED) is 0.524. The van der Waals surface area contributed by atoms with Crippen LogP contribution < -0.4 is 5.06 Å². The molecule has 2 rings (SSSR count). The molecule has 1 N–H and O–H groups in total. The summed E-state index contributed by atoms with van der Waals surface area (Å²) < 4.78 is 6.20. The summed E-state index contributed by atoms with van der Waals surface area (Å²) in [7, 11) is -1.91. The number of benzene rings is 1. The number of thiazole rings is 1. The Morgan fingerprint density at radius 1 is 1.37 bits per heavy atom. The average molecular weight is 409 g/mol. The molecule has 8 heteroatoms. The first-order valence-electron chi connectivity index (χ1n) is 8.85. The Bertz CT molecular complexity index is 759. The van der Waals surface area contributed by atoms with Crippen molar-refractivity contribution in [2.24, 2.45) is 0 Å². The molecule has 27 heavy (non-hydrogen) atoms. The van der Waals surface area contributed by atoms with Crippen LogP contribution in [0, 0.1) is 0 Å². The number of aromatic hydroxyl groups is 1. The second-order valence-corrected chi connectivity index (χ2v) is 13.6. The zero-order valence-electron chi connectivity index (χ0n) is 16.7. The van der Waals surface area contributed by atoms with Gasteiger partial charge in [-0.1, -0.05) is 26.8 Å². The molecule has 148 valence electrons. The van der Waals surface area contributed by atoms with Crippen LogP contribution in [0.15, 0.2) is 35.8 Å². The van der Waals surface area contributed by atoms with Crippen LogP contribution in [0.1, 0.15) is 38.1 Å². The van der Waals surface area contributed by atoms with Gasteiger partial charge in [0.2, 0.25) is 5.13 Å². The second kappa shape index (κ2) is 8.51. The van der Waals surface area contributed by atoms with Crippen LogP contribution in [-0.2, 0) is 9.26 Å². The third kappa shape index (κ3) is 5.62. The monoisotopic (exact) mass is 408 g/mol. The predicted molar refractivity (Wildman–Crippen MR) is 111 cm³/mol. The molecule has 0 fully saturated rings. The van der Waals surface area contributed by atoms with Gasteiger partial charge >= 0.3 is 0 Å². The molecular weight excluding hydrogens is 380 g/mol. The van der Waals surface area contributed by atoms with Gasteiger partial charge in [-0.25, -0.2) is 4.98 Å². The number of phenolic OH excluding ortho intramolecular Hbond substituents is 1. The number of anilines is 1. The maximum atomic E-state index is 12.9. The number of carbonyl (C=O) groups is 1. The van der Waals surface area contributed by atoms with E-state index in [1.807, 2.05) is 6.92 Å². The van der Waals surface area contributed by atoms with Crippen molar-refractivity contribution in [3.63, 3.8) is 0 Å². The Balaban J connectivity index is 2.13. The molecule has 2 aromatic rings. The fraction of sp³-hybridized carbons (Fsp3) is 0.474. The fourth-order valence-corrected chi connectivity index (χ4v) is 3.68. The summed E-state index contributed by atoms with van der Waals surface area (Å²) in [5, 5.41) is 13.2. The van der Waals surface area contributed by atoms with Gasteiger partial charge in [-0.15, -0.1) is 11.3 Å². The molecule has 0 radical (unpaired) electrons. The van der Waals surface area contributed by atoms with Crippen molar-refractivity contribution in [3.05, 3.63) is 41.4 Å². The Hall–Kier alpha value is -1.74. The molecule has 0 unspecified atom stereocenters. The molecule has 1 heterocycles. The van der Waals surface area contributed by atoms with Crippen LogP contribution in [0.25, 0.3) is 0 Å². The van der Waals surface area contributed by atoms with Crippen molar-refractivity contribution in [1.29, 1.82) is 0 Å². The number of rotatable bonds is 7. The van der Waals surface area contributed by atoms with E-state index in [4.69, 9.17) is 9.26 Å². The van der Waals surface area contributed by atoms with Crippen LogP contribution in [-0.4, -0.2) is 37.0 Å². The van der Waals surface area contributed by atoms with Gasteiger partial charge in [0.15, 0.2) is 8.32 Å². The Kier molecular flexibility index (Phi) is 6.80. The maximum Gasteiger partial charge on any atom is 0.284 e. The van der Waals surface area contributed by atoms with Gasteiger partial charge < -0.3 is 9.53 Å². The summed E-state index contributed by atoms with van der Waals surface area (Å²) in [4.78, 5) is 23.0. The SMILES string of the molecule is C[C@@H](CO[Si](C)(C)C(C)(C)C)ON(C(=O)c1cccc(O)c1)c1nccs1. The van der Waals surface area contributed by atoms with Crippen molar-refractivity contribution in [3.8, 4) is 5.75 Å². The zero-order valence-corrected chi connectivity index (χ0v) is 18.5. The lowest BCUT2D eigenvalue weighted by Gasteiger charge is -2.37. The highest BCUT2D eigenvalue weighted by atomic mass is 32.1. The minimum absolute atomic E-state index is 0.0225. The van der Waals surface area contributed by atoms with Gasteiger partial charge in [-0.2, -0.15) is 5.06 Å². The van der Waals surface area contributed by atoms with Crippen molar-refractivity contribution in [2.75, 3.05) is 11.7 Å². The van der Waals surface area contributed by atoms with Gasteiger partial charge in [-0.3, -0.25) is 9.63 Å². The first-order valence-corrected chi connectivity index (χ1v) is 12.6. The van der Waals surface area contributed by atoms with Crippen molar-refractivity contribution in [1.82, 2.24) is 4.98 Å². The molecule has 0 spiro atoms. The number of phenols is 1. The Labute approximate surface area is 165 Å². The molecule has 0 aliphatic heterocycles. The number of aromatic nitrogens is 1. The van der Waals surface area contributed by atoms with Gasteiger partial charge in [0.1, 0.15) is 11.9 Å². The first kappa shape index (κ1) is 21.6. The van der Waals surface area contributed by atoms with Gasteiger partial charge in [0.25, 0.3) is 5.91 Å². The van der Waals surface area contributed by atoms with E-state index in [9.17, 15) is 9.90 Å². The lowest BCUT2D eigenvalue weighted by molar-refractivity contribution is 0.0117. The number of amides is 1. The van der Waals surface area contributed by atoms with E-state index in [1.54, 1.807) is 23.7 Å². The molecule has 1 amide bonds. The van der Waals surface area contributed by atoms with E-state index < -0.39 is 8.32 Å². The minimum Gasteiger partial charge on any atom is -0.508 e. The number of hydrogen-bond donors (Lipinski definition) is 1. The molecule has 1 aromatic heterocycles. The molecule has 0 aliphatic rings. The standard InChI is InChI=1S/C19H28N2O4SSi/c1-14(13-24-27(5,6)19(2,3)4)25-21(18-20-10-11-26-18)17(23)15-8-7-9-16(22)12-15/h7-12,14,22H,13H2,1-6H3/t14-/m0/s1. The van der Waals surface area contributed by atoms with Gasteiger partial charge in [0.05, 0.1) is 6.61 Å². The molecule has 1 aromatic carbocycles. The number of nitrogens with zero attached hydrogens (tertiary/aromatic N) is 2. The van der Waals surface area contributed by atoms with Gasteiger partial charge in [-0.05, 0) is 43.3 Å². The number of carbonyl (C=O) groups excluding carboxylic acids is 1. The molecule has 0 saturated carbocycles. The molecule has 0 aliphatic carbocycles. The summed E-state index contributed by atoms with van der Waals surface area (Å²) in [6, 6.07) is 6.17. The van der Waals surface area contributed by atoms with Crippen LogP contribution >= 0.6 is 11.3 Å². The number of hydrogen-bond acceptors (Lipinski definition) is 6. The third-order valence-corrected chi connectivity index (χ3v) is 9.88. The van der Waals surface area contributed by atoms with Gasteiger partial charge in [0, 0.05) is 17.1 Å². The minimum atomic E-state index is -1.91. The predicted octanol–water partition coefficient (Wildman–Crippen LogP) is 4.84. The summed E-state index contributed by atoms with van der Waals surface area (Å²) in [6.45, 7) is 13.1. The van der Waals surface area contributed by atoms with E-state index in [-0.39, 0.29) is 22.8 Å². The Morgan fingerprint density at radius 2 is 2.07 bits per heavy atom. The van der Waals surface area contributed by atoms with E-state index in [0.717, 1.165) is 0 Å². The van der Waals surface area contributed by atoms with Crippen LogP contribution in [0.5, 0.6) is 5.75 Å². The molecule has 1 atom stereocenters. The van der Waals surface area contributed by atoms with Crippen LogP contribution in [0.4, 0.5) is 5.13 Å². The lowest BCUT2D eigenvalue weighted by atomic mass is 10.2. The normalized spacial score (nSPS) is 13.4. The number of hydroxylamine groups is 1. The van der Waals surface area contributed by atoms with Crippen molar-refractivity contribution in [2.45, 2.75) is 51.9 Å². The Morgan fingerprint density at radius 3 is 2.63 bits per heavy atom. The van der Waals surface area contributed by atoms with E-state index >= 15 is 0 Å². The largest absolute Gasteiger partial charge is 0.508 e.